The monoisotopic (exact) mass is 483 g/mol. The summed E-state index contributed by atoms with van der Waals surface area (Å²) in [4.78, 5) is 26.3. The first kappa shape index (κ1) is 22.9. The molecular formula is C23H27F2N9O. The molecule has 12 heteroatoms. The predicted octanol–water partition coefficient (Wildman–Crippen LogP) is 3.28. The third kappa shape index (κ3) is 3.92. The molecule has 4 aromatic rings. The third-order valence-electron chi connectivity index (χ3n) is 6.39. The molecule has 0 unspecified atom stereocenters. The number of halogens is 2. The van der Waals surface area contributed by atoms with Gasteiger partial charge >= 0.3 is 0 Å². The smallest absolute Gasteiger partial charge is 0.285 e. The molecule has 0 spiro atoms. The van der Waals surface area contributed by atoms with Crippen LogP contribution in [0.1, 0.15) is 39.1 Å². The zero-order valence-corrected chi connectivity index (χ0v) is 20.0. The maximum atomic E-state index is 14.7. The van der Waals surface area contributed by atoms with E-state index >= 15 is 0 Å². The van der Waals surface area contributed by atoms with Gasteiger partial charge in [-0.2, -0.15) is 4.98 Å². The predicted molar refractivity (Wildman–Crippen MR) is 128 cm³/mol. The van der Waals surface area contributed by atoms with E-state index < -0.39 is 18.5 Å². The first-order chi connectivity index (χ1) is 16.5. The van der Waals surface area contributed by atoms with Gasteiger partial charge in [-0.3, -0.25) is 4.79 Å². The Balaban J connectivity index is 1.48. The number of rotatable bonds is 4. The lowest BCUT2D eigenvalue weighted by Crippen LogP contribution is -2.55. The summed E-state index contributed by atoms with van der Waals surface area (Å²) >= 11 is 0. The van der Waals surface area contributed by atoms with Gasteiger partial charge in [0.2, 0.25) is 11.9 Å². The summed E-state index contributed by atoms with van der Waals surface area (Å²) in [6.07, 6.45) is 1.76. The van der Waals surface area contributed by atoms with Crippen molar-refractivity contribution in [1.29, 1.82) is 0 Å². The van der Waals surface area contributed by atoms with Crippen molar-refractivity contribution < 1.29 is 13.6 Å². The number of aromatic nitrogens is 6. The Morgan fingerprint density at radius 3 is 2.69 bits per heavy atom. The van der Waals surface area contributed by atoms with Gasteiger partial charge in [0.1, 0.15) is 16.9 Å². The minimum absolute atomic E-state index is 0.00461. The van der Waals surface area contributed by atoms with E-state index in [2.05, 4.69) is 38.8 Å². The molecule has 3 N–H and O–H groups in total. The summed E-state index contributed by atoms with van der Waals surface area (Å²) in [7, 11) is 0. The fourth-order valence-corrected chi connectivity index (χ4v) is 4.72. The molecule has 1 aliphatic heterocycles. The lowest BCUT2D eigenvalue weighted by molar-refractivity contribution is -0.140. The van der Waals surface area contributed by atoms with Gasteiger partial charge in [0.15, 0.2) is 11.5 Å². The molecule has 0 saturated carbocycles. The molecule has 184 valence electrons. The summed E-state index contributed by atoms with van der Waals surface area (Å²) in [5, 5.41) is 7.08. The number of piperidine rings is 1. The van der Waals surface area contributed by atoms with E-state index in [-0.39, 0.29) is 36.7 Å². The molecule has 1 aliphatic rings. The SMILES string of the molecule is CC(=O)N1CC[C@@H](Nc2nc(N)c3c(-c4ccc5nc(C)n(C(C)C)c5n4)ccn3n2)C(F)(F)C1. The second-order valence-corrected chi connectivity index (χ2v) is 9.19. The Bertz CT molecular complexity index is 1440. The zero-order chi connectivity index (χ0) is 25.1. The van der Waals surface area contributed by atoms with Crippen LogP contribution in [0.2, 0.25) is 0 Å². The molecule has 1 amide bonds. The minimum Gasteiger partial charge on any atom is -0.382 e. The van der Waals surface area contributed by atoms with Crippen molar-refractivity contribution in [3.63, 3.8) is 0 Å². The van der Waals surface area contributed by atoms with Crippen LogP contribution in [0.25, 0.3) is 27.9 Å². The van der Waals surface area contributed by atoms with Crippen molar-refractivity contribution in [1.82, 2.24) is 34.0 Å². The van der Waals surface area contributed by atoms with Crippen molar-refractivity contribution in [3.05, 3.63) is 30.2 Å². The first-order valence-electron chi connectivity index (χ1n) is 11.5. The molecule has 4 aromatic heterocycles. The van der Waals surface area contributed by atoms with E-state index in [4.69, 9.17) is 10.7 Å². The number of nitrogens with one attached hydrogen (secondary N) is 1. The van der Waals surface area contributed by atoms with Crippen LogP contribution < -0.4 is 11.1 Å². The number of nitrogen functional groups attached to an aromatic ring is 1. The maximum Gasteiger partial charge on any atom is 0.285 e. The number of imidazole rings is 1. The van der Waals surface area contributed by atoms with Crippen molar-refractivity contribution in [2.75, 3.05) is 24.1 Å². The molecule has 5 rings (SSSR count). The number of alkyl halides is 2. The molecule has 1 fully saturated rings. The second-order valence-electron chi connectivity index (χ2n) is 9.19. The van der Waals surface area contributed by atoms with Gasteiger partial charge in [0.25, 0.3) is 5.92 Å². The normalized spacial score (nSPS) is 18.0. The van der Waals surface area contributed by atoms with E-state index in [0.29, 0.717) is 11.2 Å². The lowest BCUT2D eigenvalue weighted by Gasteiger charge is -2.38. The minimum atomic E-state index is -3.13. The first-order valence-corrected chi connectivity index (χ1v) is 11.5. The number of fused-ring (bicyclic) bond motifs is 2. The van der Waals surface area contributed by atoms with Gasteiger partial charge in [-0.05, 0) is 45.4 Å². The number of carbonyl (C=O) groups is 1. The van der Waals surface area contributed by atoms with E-state index in [0.717, 1.165) is 27.5 Å². The van der Waals surface area contributed by atoms with Crippen molar-refractivity contribution >= 4 is 34.4 Å². The highest BCUT2D eigenvalue weighted by atomic mass is 19.3. The average Bonchev–Trinajstić information content (AvgIpc) is 3.34. The molecule has 35 heavy (non-hydrogen) atoms. The Kier molecular flexibility index (Phi) is 5.33. The van der Waals surface area contributed by atoms with Gasteiger partial charge in [0.05, 0.1) is 18.3 Å². The van der Waals surface area contributed by atoms with Crippen LogP contribution in [0.4, 0.5) is 20.5 Å². The molecule has 0 bridgehead atoms. The van der Waals surface area contributed by atoms with Crippen LogP contribution in [0.3, 0.4) is 0 Å². The third-order valence-corrected chi connectivity index (χ3v) is 6.39. The zero-order valence-electron chi connectivity index (χ0n) is 20.0. The number of aryl methyl sites for hydroxylation is 1. The standard InChI is InChI=1S/C23H27F2N9O/c1-12(2)34-13(3)27-17-6-5-16(28-21(17)34)15-7-10-33-19(15)20(26)30-22(31-33)29-18-8-9-32(14(4)35)11-23(18,24)25/h5-7,10,12,18H,8-9,11H2,1-4H3,(H3,26,29,30,31)/t18-/m1/s1. The van der Waals surface area contributed by atoms with Crippen LogP contribution in [-0.4, -0.2) is 65.0 Å². The summed E-state index contributed by atoms with van der Waals surface area (Å²) in [5.41, 5.74) is 9.79. The fraction of sp³-hybridized carbons (Fsp3) is 0.435. The number of nitrogens with zero attached hydrogens (tertiary/aromatic N) is 7. The Hall–Kier alpha value is -3.83. The van der Waals surface area contributed by atoms with Crippen LogP contribution in [0.5, 0.6) is 0 Å². The number of hydrogen-bond acceptors (Lipinski definition) is 7. The summed E-state index contributed by atoms with van der Waals surface area (Å²) < 4.78 is 32.9. The molecular weight excluding hydrogens is 456 g/mol. The Labute approximate surface area is 200 Å². The molecule has 0 aliphatic carbocycles. The van der Waals surface area contributed by atoms with Crippen LogP contribution in [0.15, 0.2) is 24.4 Å². The summed E-state index contributed by atoms with van der Waals surface area (Å²) in [5.74, 6) is -2.48. The van der Waals surface area contributed by atoms with E-state index in [9.17, 15) is 13.6 Å². The van der Waals surface area contributed by atoms with Gasteiger partial charge in [-0.15, -0.1) is 5.10 Å². The Morgan fingerprint density at radius 1 is 1.23 bits per heavy atom. The average molecular weight is 484 g/mol. The molecule has 0 radical (unpaired) electrons. The number of amides is 1. The van der Waals surface area contributed by atoms with Crippen molar-refractivity contribution in [2.24, 2.45) is 0 Å². The van der Waals surface area contributed by atoms with Crippen LogP contribution in [-0.2, 0) is 4.79 Å². The number of carbonyl (C=O) groups excluding carboxylic acids is 1. The topological polar surface area (TPSA) is 119 Å². The number of pyridine rings is 1. The number of likely N-dealkylation sites (tertiary alicyclic amines) is 1. The number of anilines is 2. The lowest BCUT2D eigenvalue weighted by atomic mass is 10.0. The Morgan fingerprint density at radius 2 is 2.00 bits per heavy atom. The summed E-state index contributed by atoms with van der Waals surface area (Å²) in [6.45, 7) is 6.97. The number of hydrogen-bond donors (Lipinski definition) is 2. The van der Waals surface area contributed by atoms with Gasteiger partial charge in [-0.25, -0.2) is 23.3 Å². The van der Waals surface area contributed by atoms with Crippen LogP contribution in [0, 0.1) is 6.92 Å². The molecule has 0 aromatic carbocycles. The molecule has 1 atom stereocenters. The fourth-order valence-electron chi connectivity index (χ4n) is 4.72. The van der Waals surface area contributed by atoms with Crippen molar-refractivity contribution in [2.45, 2.75) is 52.1 Å². The van der Waals surface area contributed by atoms with Gasteiger partial charge in [0, 0.05) is 31.3 Å². The number of nitrogens with two attached hydrogens (primary N) is 1. The van der Waals surface area contributed by atoms with E-state index in [1.807, 2.05) is 25.1 Å². The second kappa shape index (κ2) is 8.14. The van der Waals surface area contributed by atoms with Crippen molar-refractivity contribution in [3.8, 4) is 11.3 Å². The quantitative estimate of drug-likeness (QED) is 0.457. The highest BCUT2D eigenvalue weighted by molar-refractivity contribution is 5.88. The highest BCUT2D eigenvalue weighted by Crippen LogP contribution is 2.32. The van der Waals surface area contributed by atoms with E-state index in [1.54, 1.807) is 6.20 Å². The van der Waals surface area contributed by atoms with Gasteiger partial charge < -0.3 is 20.5 Å². The molecule has 5 heterocycles. The van der Waals surface area contributed by atoms with Crippen LogP contribution >= 0.6 is 0 Å². The van der Waals surface area contributed by atoms with E-state index in [1.165, 1.54) is 11.4 Å². The largest absolute Gasteiger partial charge is 0.382 e. The molecule has 1 saturated heterocycles. The summed E-state index contributed by atoms with van der Waals surface area (Å²) in [6, 6.07) is 4.57. The molecule has 10 nitrogen and oxygen atoms in total. The highest BCUT2D eigenvalue weighted by Gasteiger charge is 2.45. The maximum absolute atomic E-state index is 14.7. The van der Waals surface area contributed by atoms with Gasteiger partial charge in [-0.1, -0.05) is 0 Å².